The number of hydrogen-bond acceptors (Lipinski definition) is 2. The van der Waals surface area contributed by atoms with Gasteiger partial charge in [-0.2, -0.15) is 0 Å². The Morgan fingerprint density at radius 3 is 2.84 bits per heavy atom. The van der Waals surface area contributed by atoms with Gasteiger partial charge in [0.1, 0.15) is 0 Å². The number of anilines is 1. The standard InChI is InChI=1S/C17H28N2/c1-13(2)18-11-16-10-14(3)7-8-17(16)19-9-5-6-15(4)12-19/h7-8,10,13,15,18H,5-6,9,11-12H2,1-4H3. The predicted octanol–water partition coefficient (Wildman–Crippen LogP) is 3.73. The fourth-order valence-corrected chi connectivity index (χ4v) is 2.89. The first-order chi connectivity index (χ1) is 9.06. The van der Waals surface area contributed by atoms with Crippen LogP contribution in [0.3, 0.4) is 0 Å². The quantitative estimate of drug-likeness (QED) is 0.887. The van der Waals surface area contributed by atoms with Crippen LogP contribution >= 0.6 is 0 Å². The van der Waals surface area contributed by atoms with Crippen molar-refractivity contribution in [1.82, 2.24) is 5.32 Å². The Bertz CT molecular complexity index is 412. The highest BCUT2D eigenvalue weighted by Gasteiger charge is 2.18. The summed E-state index contributed by atoms with van der Waals surface area (Å²) in [4.78, 5) is 2.57. The predicted molar refractivity (Wildman–Crippen MR) is 83.8 cm³/mol. The third kappa shape index (κ3) is 3.97. The van der Waals surface area contributed by atoms with Crippen LogP contribution in [0.4, 0.5) is 5.69 Å². The molecule has 1 aromatic carbocycles. The second kappa shape index (κ2) is 6.42. The second-order valence-corrected chi connectivity index (χ2v) is 6.36. The lowest BCUT2D eigenvalue weighted by Crippen LogP contribution is -2.35. The molecule has 0 saturated carbocycles. The SMILES string of the molecule is Cc1ccc(N2CCCC(C)C2)c(CNC(C)C)c1. The van der Waals surface area contributed by atoms with Gasteiger partial charge in [0, 0.05) is 31.4 Å². The van der Waals surface area contributed by atoms with Gasteiger partial charge in [0.2, 0.25) is 0 Å². The normalized spacial score (nSPS) is 20.1. The zero-order chi connectivity index (χ0) is 13.8. The van der Waals surface area contributed by atoms with Crippen molar-refractivity contribution >= 4 is 5.69 Å². The minimum absolute atomic E-state index is 0.536. The van der Waals surface area contributed by atoms with Crippen molar-refractivity contribution in [2.75, 3.05) is 18.0 Å². The third-order valence-corrected chi connectivity index (χ3v) is 3.93. The molecule has 1 atom stereocenters. The van der Waals surface area contributed by atoms with Crippen molar-refractivity contribution in [3.05, 3.63) is 29.3 Å². The molecule has 1 aliphatic rings. The van der Waals surface area contributed by atoms with Gasteiger partial charge in [-0.3, -0.25) is 0 Å². The molecule has 1 heterocycles. The van der Waals surface area contributed by atoms with Crippen LogP contribution in [0.2, 0.25) is 0 Å². The summed E-state index contributed by atoms with van der Waals surface area (Å²) < 4.78 is 0. The molecule has 0 bridgehead atoms. The van der Waals surface area contributed by atoms with Crippen LogP contribution in [-0.2, 0) is 6.54 Å². The van der Waals surface area contributed by atoms with E-state index < -0.39 is 0 Å². The summed E-state index contributed by atoms with van der Waals surface area (Å²) in [6.07, 6.45) is 2.70. The molecule has 0 aliphatic carbocycles. The van der Waals surface area contributed by atoms with Gasteiger partial charge in [-0.1, -0.05) is 38.5 Å². The molecular formula is C17H28N2. The smallest absolute Gasteiger partial charge is 0.0412 e. The number of nitrogens with zero attached hydrogens (tertiary/aromatic N) is 1. The fraction of sp³-hybridized carbons (Fsp3) is 0.647. The monoisotopic (exact) mass is 260 g/mol. The average Bonchev–Trinajstić information content (AvgIpc) is 2.36. The van der Waals surface area contributed by atoms with Gasteiger partial charge in [-0.25, -0.2) is 0 Å². The van der Waals surface area contributed by atoms with E-state index in [1.165, 1.54) is 42.7 Å². The first-order valence-electron chi connectivity index (χ1n) is 7.64. The van der Waals surface area contributed by atoms with Crippen LogP contribution in [0.25, 0.3) is 0 Å². The van der Waals surface area contributed by atoms with E-state index in [0.717, 1.165) is 12.5 Å². The van der Waals surface area contributed by atoms with Gasteiger partial charge < -0.3 is 10.2 Å². The minimum atomic E-state index is 0.536. The van der Waals surface area contributed by atoms with Gasteiger partial charge >= 0.3 is 0 Å². The van der Waals surface area contributed by atoms with E-state index in [9.17, 15) is 0 Å². The summed E-state index contributed by atoms with van der Waals surface area (Å²) in [7, 11) is 0. The molecule has 0 spiro atoms. The molecule has 2 nitrogen and oxygen atoms in total. The number of aryl methyl sites for hydroxylation is 1. The fourth-order valence-electron chi connectivity index (χ4n) is 2.89. The Morgan fingerprint density at radius 2 is 2.16 bits per heavy atom. The highest BCUT2D eigenvalue weighted by atomic mass is 15.1. The Morgan fingerprint density at radius 1 is 1.37 bits per heavy atom. The molecule has 19 heavy (non-hydrogen) atoms. The average molecular weight is 260 g/mol. The highest BCUT2D eigenvalue weighted by Crippen LogP contribution is 2.27. The van der Waals surface area contributed by atoms with E-state index in [1.54, 1.807) is 0 Å². The number of rotatable bonds is 4. The summed E-state index contributed by atoms with van der Waals surface area (Å²) in [6, 6.07) is 7.43. The molecule has 1 N–H and O–H groups in total. The molecule has 0 amide bonds. The summed E-state index contributed by atoms with van der Waals surface area (Å²) in [5.74, 6) is 0.820. The van der Waals surface area contributed by atoms with Gasteiger partial charge in [0.05, 0.1) is 0 Å². The molecule has 2 heteroatoms. The zero-order valence-electron chi connectivity index (χ0n) is 12.9. The molecular weight excluding hydrogens is 232 g/mol. The lowest BCUT2D eigenvalue weighted by Gasteiger charge is -2.34. The van der Waals surface area contributed by atoms with Gasteiger partial charge in [0.25, 0.3) is 0 Å². The van der Waals surface area contributed by atoms with E-state index in [-0.39, 0.29) is 0 Å². The minimum Gasteiger partial charge on any atom is -0.371 e. The summed E-state index contributed by atoms with van der Waals surface area (Å²) >= 11 is 0. The van der Waals surface area contributed by atoms with Crippen molar-refractivity contribution < 1.29 is 0 Å². The van der Waals surface area contributed by atoms with Crippen LogP contribution in [0.1, 0.15) is 44.7 Å². The van der Waals surface area contributed by atoms with Crippen LogP contribution in [-0.4, -0.2) is 19.1 Å². The molecule has 1 fully saturated rings. The number of benzene rings is 1. The lowest BCUT2D eigenvalue weighted by atomic mass is 9.98. The summed E-state index contributed by atoms with van der Waals surface area (Å²) in [6.45, 7) is 12.4. The molecule has 2 rings (SSSR count). The third-order valence-electron chi connectivity index (χ3n) is 3.93. The zero-order valence-corrected chi connectivity index (χ0v) is 12.9. The second-order valence-electron chi connectivity index (χ2n) is 6.36. The maximum absolute atomic E-state index is 3.55. The van der Waals surface area contributed by atoms with E-state index in [2.05, 4.69) is 56.1 Å². The summed E-state index contributed by atoms with van der Waals surface area (Å²) in [5, 5.41) is 3.55. The van der Waals surface area contributed by atoms with E-state index in [0.29, 0.717) is 6.04 Å². The van der Waals surface area contributed by atoms with E-state index in [1.807, 2.05) is 0 Å². The van der Waals surface area contributed by atoms with Crippen molar-refractivity contribution in [3.63, 3.8) is 0 Å². The van der Waals surface area contributed by atoms with Crippen molar-refractivity contribution in [2.45, 2.75) is 53.1 Å². The Balaban J connectivity index is 2.18. The largest absolute Gasteiger partial charge is 0.371 e. The molecule has 1 saturated heterocycles. The first-order valence-corrected chi connectivity index (χ1v) is 7.64. The van der Waals surface area contributed by atoms with Gasteiger partial charge in [0.15, 0.2) is 0 Å². The number of hydrogen-bond donors (Lipinski definition) is 1. The summed E-state index contributed by atoms with van der Waals surface area (Å²) in [5.41, 5.74) is 4.24. The Labute approximate surface area is 118 Å². The molecule has 0 radical (unpaired) electrons. The molecule has 0 aromatic heterocycles. The first kappa shape index (κ1) is 14.4. The number of piperidine rings is 1. The molecule has 106 valence electrons. The Hall–Kier alpha value is -1.02. The maximum Gasteiger partial charge on any atom is 0.0412 e. The highest BCUT2D eigenvalue weighted by molar-refractivity contribution is 5.55. The van der Waals surface area contributed by atoms with Gasteiger partial charge in [-0.15, -0.1) is 0 Å². The molecule has 1 unspecified atom stereocenters. The van der Waals surface area contributed by atoms with Crippen LogP contribution in [0.15, 0.2) is 18.2 Å². The van der Waals surface area contributed by atoms with Crippen molar-refractivity contribution in [2.24, 2.45) is 5.92 Å². The van der Waals surface area contributed by atoms with Crippen molar-refractivity contribution in [1.29, 1.82) is 0 Å². The molecule has 1 aliphatic heterocycles. The van der Waals surface area contributed by atoms with Crippen LogP contribution in [0.5, 0.6) is 0 Å². The van der Waals surface area contributed by atoms with Crippen LogP contribution in [0, 0.1) is 12.8 Å². The maximum atomic E-state index is 3.55. The van der Waals surface area contributed by atoms with E-state index >= 15 is 0 Å². The molecule has 1 aromatic rings. The topological polar surface area (TPSA) is 15.3 Å². The van der Waals surface area contributed by atoms with Crippen molar-refractivity contribution in [3.8, 4) is 0 Å². The van der Waals surface area contributed by atoms with Gasteiger partial charge in [-0.05, 0) is 37.3 Å². The van der Waals surface area contributed by atoms with Crippen LogP contribution < -0.4 is 10.2 Å². The van der Waals surface area contributed by atoms with E-state index in [4.69, 9.17) is 0 Å². The Kier molecular flexibility index (Phi) is 4.87. The lowest BCUT2D eigenvalue weighted by molar-refractivity contribution is 0.445. The number of nitrogens with one attached hydrogen (secondary N) is 1.